The number of hydrogen-bond donors (Lipinski definition) is 1. The van der Waals surface area contributed by atoms with Crippen molar-refractivity contribution in [1.29, 1.82) is 0 Å². The van der Waals surface area contributed by atoms with Gasteiger partial charge in [0.1, 0.15) is 0 Å². The molecule has 0 bridgehead atoms. The van der Waals surface area contributed by atoms with Crippen LogP contribution in [0.15, 0.2) is 18.2 Å². The fourth-order valence-corrected chi connectivity index (χ4v) is 4.07. The lowest BCUT2D eigenvalue weighted by Crippen LogP contribution is -2.45. The van der Waals surface area contributed by atoms with Crippen molar-refractivity contribution in [1.82, 2.24) is 0 Å². The highest BCUT2D eigenvalue weighted by molar-refractivity contribution is 6.31. The molecule has 17 heavy (non-hydrogen) atoms. The maximum absolute atomic E-state index is 10.5. The van der Waals surface area contributed by atoms with Crippen LogP contribution >= 0.6 is 11.6 Å². The third kappa shape index (κ3) is 1.71. The first-order valence-electron chi connectivity index (χ1n) is 6.70. The first kappa shape index (κ1) is 11.6. The Labute approximate surface area is 108 Å². The number of halogens is 1. The van der Waals surface area contributed by atoms with Gasteiger partial charge in [0.15, 0.2) is 0 Å². The smallest absolute Gasteiger partial charge is 0.0640 e. The second-order valence-corrected chi connectivity index (χ2v) is 5.94. The summed E-state index contributed by atoms with van der Waals surface area (Å²) >= 11 is 6.31. The minimum absolute atomic E-state index is 0.0106. The molecule has 1 N–H and O–H groups in total. The van der Waals surface area contributed by atoms with Crippen molar-refractivity contribution in [2.75, 3.05) is 0 Å². The van der Waals surface area contributed by atoms with Gasteiger partial charge in [-0.1, -0.05) is 43.0 Å². The number of hydrogen-bond acceptors (Lipinski definition) is 1. The maximum Gasteiger partial charge on any atom is 0.0640 e. The zero-order valence-electron chi connectivity index (χ0n) is 10.1. The molecule has 2 aliphatic rings. The molecule has 1 nitrogen and oxygen atoms in total. The van der Waals surface area contributed by atoms with Gasteiger partial charge in [-0.3, -0.25) is 0 Å². The standard InChI is InChI=1S/C15H19ClO/c16-13-6-4-5-12-11(13)7-8-14(17)15(12)9-2-1-3-10-15/h4-6,14,17H,1-3,7-10H2. The highest BCUT2D eigenvalue weighted by atomic mass is 35.5. The third-order valence-corrected chi connectivity index (χ3v) is 5.06. The van der Waals surface area contributed by atoms with Crippen molar-refractivity contribution in [2.45, 2.75) is 56.5 Å². The van der Waals surface area contributed by atoms with Crippen molar-refractivity contribution in [3.8, 4) is 0 Å². The summed E-state index contributed by atoms with van der Waals surface area (Å²) in [5.41, 5.74) is 2.64. The van der Waals surface area contributed by atoms with E-state index in [2.05, 4.69) is 6.07 Å². The molecular formula is C15H19ClO. The molecule has 0 heterocycles. The van der Waals surface area contributed by atoms with Crippen LogP contribution in [0.1, 0.15) is 49.7 Å². The number of aliphatic hydroxyl groups excluding tert-OH is 1. The van der Waals surface area contributed by atoms with Crippen LogP contribution in [0.4, 0.5) is 0 Å². The maximum atomic E-state index is 10.5. The van der Waals surface area contributed by atoms with Crippen LogP contribution in [0.5, 0.6) is 0 Å². The Hall–Kier alpha value is -0.530. The molecule has 1 aromatic rings. The normalized spacial score (nSPS) is 26.8. The summed E-state index contributed by atoms with van der Waals surface area (Å²) in [5, 5.41) is 11.4. The van der Waals surface area contributed by atoms with Crippen molar-refractivity contribution in [3.05, 3.63) is 34.3 Å². The molecule has 1 unspecified atom stereocenters. The first-order valence-corrected chi connectivity index (χ1v) is 7.08. The van der Waals surface area contributed by atoms with Gasteiger partial charge in [-0.05, 0) is 42.9 Å². The van der Waals surface area contributed by atoms with Crippen molar-refractivity contribution in [3.63, 3.8) is 0 Å². The molecule has 0 amide bonds. The Balaban J connectivity index is 2.12. The second kappa shape index (κ2) is 4.29. The fraction of sp³-hybridized carbons (Fsp3) is 0.600. The van der Waals surface area contributed by atoms with E-state index in [-0.39, 0.29) is 11.5 Å². The van der Waals surface area contributed by atoms with Gasteiger partial charge in [-0.15, -0.1) is 0 Å². The van der Waals surface area contributed by atoms with Gasteiger partial charge in [0.25, 0.3) is 0 Å². The second-order valence-electron chi connectivity index (χ2n) is 5.54. The summed E-state index contributed by atoms with van der Waals surface area (Å²) < 4.78 is 0. The Morgan fingerprint density at radius 2 is 1.94 bits per heavy atom. The van der Waals surface area contributed by atoms with E-state index in [0.717, 1.165) is 30.7 Å². The molecule has 2 aliphatic carbocycles. The minimum Gasteiger partial charge on any atom is -0.392 e. The van der Waals surface area contributed by atoms with E-state index in [0.29, 0.717) is 0 Å². The van der Waals surface area contributed by atoms with Crippen LogP contribution in [0.3, 0.4) is 0 Å². The highest BCUT2D eigenvalue weighted by Gasteiger charge is 2.44. The lowest BCUT2D eigenvalue weighted by atomic mass is 9.61. The van der Waals surface area contributed by atoms with E-state index in [1.165, 1.54) is 30.4 Å². The van der Waals surface area contributed by atoms with Crippen molar-refractivity contribution < 1.29 is 5.11 Å². The van der Waals surface area contributed by atoms with Crippen LogP contribution in [0.2, 0.25) is 5.02 Å². The molecule has 1 aromatic carbocycles. The topological polar surface area (TPSA) is 20.2 Å². The fourth-order valence-electron chi connectivity index (χ4n) is 3.80. The summed E-state index contributed by atoms with van der Waals surface area (Å²) in [4.78, 5) is 0. The molecule has 0 aromatic heterocycles. The Kier molecular flexibility index (Phi) is 2.92. The van der Waals surface area contributed by atoms with Crippen molar-refractivity contribution >= 4 is 11.6 Å². The largest absolute Gasteiger partial charge is 0.392 e. The van der Waals surface area contributed by atoms with Gasteiger partial charge in [0, 0.05) is 10.4 Å². The summed E-state index contributed by atoms with van der Waals surface area (Å²) in [5.74, 6) is 0. The van der Waals surface area contributed by atoms with E-state index in [1.54, 1.807) is 0 Å². The Bertz CT molecular complexity index is 421. The number of benzene rings is 1. The molecule has 1 atom stereocenters. The zero-order valence-corrected chi connectivity index (χ0v) is 10.8. The summed E-state index contributed by atoms with van der Waals surface area (Å²) in [6.07, 6.45) is 7.67. The monoisotopic (exact) mass is 250 g/mol. The molecule has 1 fully saturated rings. The lowest BCUT2D eigenvalue weighted by Gasteiger charge is -2.46. The molecular weight excluding hydrogens is 232 g/mol. The van der Waals surface area contributed by atoms with E-state index in [9.17, 15) is 5.11 Å². The molecule has 1 spiro atoms. The van der Waals surface area contributed by atoms with Crippen LogP contribution in [0.25, 0.3) is 0 Å². The average molecular weight is 251 g/mol. The van der Waals surface area contributed by atoms with Gasteiger partial charge in [0.2, 0.25) is 0 Å². The van der Waals surface area contributed by atoms with E-state index >= 15 is 0 Å². The van der Waals surface area contributed by atoms with Crippen LogP contribution < -0.4 is 0 Å². The first-order chi connectivity index (χ1) is 8.24. The summed E-state index contributed by atoms with van der Waals surface area (Å²) in [6, 6.07) is 6.21. The number of fused-ring (bicyclic) bond motifs is 2. The number of rotatable bonds is 0. The Morgan fingerprint density at radius 1 is 1.18 bits per heavy atom. The molecule has 0 radical (unpaired) electrons. The predicted octanol–water partition coefficient (Wildman–Crippen LogP) is 3.85. The van der Waals surface area contributed by atoms with Gasteiger partial charge >= 0.3 is 0 Å². The van der Waals surface area contributed by atoms with Gasteiger partial charge in [0.05, 0.1) is 6.10 Å². The van der Waals surface area contributed by atoms with E-state index in [4.69, 9.17) is 11.6 Å². The summed E-state index contributed by atoms with van der Waals surface area (Å²) in [7, 11) is 0. The van der Waals surface area contributed by atoms with Crippen LogP contribution in [-0.2, 0) is 11.8 Å². The molecule has 2 heteroatoms. The predicted molar refractivity (Wildman–Crippen MR) is 70.5 cm³/mol. The van der Waals surface area contributed by atoms with E-state index in [1.807, 2.05) is 12.1 Å². The van der Waals surface area contributed by atoms with E-state index < -0.39 is 0 Å². The molecule has 3 rings (SSSR count). The van der Waals surface area contributed by atoms with Crippen LogP contribution in [-0.4, -0.2) is 11.2 Å². The molecule has 1 saturated carbocycles. The molecule has 0 saturated heterocycles. The van der Waals surface area contributed by atoms with Gasteiger partial charge in [-0.25, -0.2) is 0 Å². The van der Waals surface area contributed by atoms with Gasteiger partial charge < -0.3 is 5.11 Å². The molecule has 92 valence electrons. The SMILES string of the molecule is OC1CCc2c(Cl)cccc2C12CCCCC2. The zero-order chi connectivity index (χ0) is 11.9. The highest BCUT2D eigenvalue weighted by Crippen LogP contribution is 2.48. The average Bonchev–Trinajstić information content (AvgIpc) is 2.36. The van der Waals surface area contributed by atoms with Crippen LogP contribution in [0, 0.1) is 0 Å². The summed E-state index contributed by atoms with van der Waals surface area (Å²) in [6.45, 7) is 0. The number of aliphatic hydroxyl groups is 1. The van der Waals surface area contributed by atoms with Gasteiger partial charge in [-0.2, -0.15) is 0 Å². The molecule has 0 aliphatic heterocycles. The lowest BCUT2D eigenvalue weighted by molar-refractivity contribution is 0.0390. The third-order valence-electron chi connectivity index (χ3n) is 4.71. The quantitative estimate of drug-likeness (QED) is 0.742. The minimum atomic E-state index is -0.172. The van der Waals surface area contributed by atoms with Crippen molar-refractivity contribution in [2.24, 2.45) is 0 Å². The Morgan fingerprint density at radius 3 is 2.71 bits per heavy atom.